The van der Waals surface area contributed by atoms with Crippen LogP contribution in [0.5, 0.6) is 0 Å². The Kier molecular flexibility index (Phi) is 8.51. The lowest BCUT2D eigenvalue weighted by molar-refractivity contribution is -0.894. The van der Waals surface area contributed by atoms with Gasteiger partial charge >= 0.3 is 5.97 Å². The molecule has 5 nitrogen and oxygen atoms in total. The third kappa shape index (κ3) is 7.77. The minimum atomic E-state index is -0.674. The predicted octanol–water partition coefficient (Wildman–Crippen LogP) is 4.01. The molecule has 0 spiro atoms. The Labute approximate surface area is 171 Å². The van der Waals surface area contributed by atoms with Crippen LogP contribution in [0.2, 0.25) is 0 Å². The van der Waals surface area contributed by atoms with E-state index in [9.17, 15) is 19.5 Å². The summed E-state index contributed by atoms with van der Waals surface area (Å²) in [6.45, 7) is 4.17. The Morgan fingerprint density at radius 2 is 1.79 bits per heavy atom. The molecule has 2 aromatic rings. The molecule has 2 aromatic carbocycles. The lowest BCUT2D eigenvalue weighted by Gasteiger charge is -2.42. The maximum Gasteiger partial charge on any atom is 0.330 e. The van der Waals surface area contributed by atoms with Crippen LogP contribution in [0.1, 0.15) is 36.5 Å². The van der Waals surface area contributed by atoms with Crippen molar-refractivity contribution >= 4 is 12.0 Å². The molecule has 0 aliphatic rings. The summed E-state index contributed by atoms with van der Waals surface area (Å²) in [5.41, 5.74) is 2.74. The lowest BCUT2D eigenvalue weighted by atomic mass is 10.0. The van der Waals surface area contributed by atoms with Gasteiger partial charge in [0.05, 0.1) is 6.61 Å². The van der Waals surface area contributed by atoms with Crippen molar-refractivity contribution in [3.8, 4) is 0 Å². The zero-order valence-corrected chi connectivity index (χ0v) is 16.9. The summed E-state index contributed by atoms with van der Waals surface area (Å²) in [5.74, 6) is -0.515. The number of nitrogens with zero attached hydrogens (tertiary/aromatic N) is 1. The summed E-state index contributed by atoms with van der Waals surface area (Å²) in [5, 5.41) is 22.3. The molecule has 0 radical (unpaired) electrons. The van der Waals surface area contributed by atoms with Gasteiger partial charge in [0.15, 0.2) is 0 Å². The largest absolute Gasteiger partial charge is 0.632 e. The van der Waals surface area contributed by atoms with E-state index in [1.54, 1.807) is 12.1 Å². The van der Waals surface area contributed by atoms with Gasteiger partial charge < -0.3 is 19.7 Å². The van der Waals surface area contributed by atoms with Crippen molar-refractivity contribution < 1.29 is 23.7 Å². The lowest BCUT2D eigenvalue weighted by Crippen LogP contribution is -2.46. The molecule has 0 aliphatic carbocycles. The van der Waals surface area contributed by atoms with E-state index in [1.165, 1.54) is 29.8 Å². The van der Waals surface area contributed by atoms with Gasteiger partial charge in [0.1, 0.15) is 32.1 Å². The molecule has 0 aromatic heterocycles. The number of carbonyl (C=O) groups is 1. The van der Waals surface area contributed by atoms with Crippen molar-refractivity contribution in [2.45, 2.75) is 26.3 Å². The van der Waals surface area contributed by atoms with Crippen molar-refractivity contribution in [3.05, 3.63) is 82.3 Å². The highest BCUT2D eigenvalue weighted by Gasteiger charge is 2.18. The molecule has 1 atom stereocenters. The average molecular weight is 401 g/mol. The predicted molar refractivity (Wildman–Crippen MR) is 111 cm³/mol. The highest BCUT2D eigenvalue weighted by Crippen LogP contribution is 2.18. The van der Waals surface area contributed by atoms with Crippen LogP contribution >= 0.6 is 0 Å². The number of quaternary nitrogens is 1. The van der Waals surface area contributed by atoms with Crippen molar-refractivity contribution in [2.24, 2.45) is 0 Å². The zero-order valence-electron chi connectivity index (χ0n) is 16.9. The Morgan fingerprint density at radius 1 is 1.14 bits per heavy atom. The molecule has 0 heterocycles. The van der Waals surface area contributed by atoms with E-state index in [-0.39, 0.29) is 38.7 Å². The third-order valence-corrected chi connectivity index (χ3v) is 4.65. The maximum atomic E-state index is 13.0. The van der Waals surface area contributed by atoms with Gasteiger partial charge in [0, 0.05) is 11.6 Å². The van der Waals surface area contributed by atoms with Gasteiger partial charge in [-0.25, -0.2) is 9.18 Å². The second-order valence-corrected chi connectivity index (χ2v) is 7.34. The van der Waals surface area contributed by atoms with Crippen molar-refractivity contribution in [2.75, 3.05) is 26.3 Å². The highest BCUT2D eigenvalue weighted by atomic mass is 19.1. The fourth-order valence-electron chi connectivity index (χ4n) is 2.89. The molecule has 0 aliphatic heterocycles. The standard InChI is InChI=1S/C23H28FNO4/c1-18(2)21-8-3-20(4-9-21)17-25(28,13-15-26)14-16-29-23(27)12-7-19-5-10-22(24)11-6-19/h3-12,18,26H,13-17H2,1-2H3/b12-7+/t25-/m0/s1. The Morgan fingerprint density at radius 3 is 2.38 bits per heavy atom. The fraction of sp³-hybridized carbons (Fsp3) is 0.348. The van der Waals surface area contributed by atoms with E-state index in [2.05, 4.69) is 13.8 Å². The van der Waals surface area contributed by atoms with Crippen LogP contribution in [0.4, 0.5) is 4.39 Å². The van der Waals surface area contributed by atoms with Crippen LogP contribution in [-0.2, 0) is 16.1 Å². The first kappa shape index (κ1) is 22.7. The zero-order chi connectivity index (χ0) is 21.3. The van der Waals surface area contributed by atoms with Crippen LogP contribution in [0.3, 0.4) is 0 Å². The monoisotopic (exact) mass is 401 g/mol. The molecule has 0 unspecified atom stereocenters. The van der Waals surface area contributed by atoms with E-state index in [4.69, 9.17) is 4.74 Å². The molecule has 156 valence electrons. The number of aliphatic hydroxyl groups is 1. The Hall–Kier alpha value is -2.54. The van der Waals surface area contributed by atoms with Gasteiger partial charge in [0.25, 0.3) is 0 Å². The third-order valence-electron chi connectivity index (χ3n) is 4.65. The van der Waals surface area contributed by atoms with Gasteiger partial charge in [-0.15, -0.1) is 0 Å². The van der Waals surface area contributed by atoms with E-state index in [0.717, 1.165) is 5.56 Å². The number of ether oxygens (including phenoxy) is 1. The average Bonchev–Trinajstić information content (AvgIpc) is 2.68. The van der Waals surface area contributed by atoms with E-state index in [1.807, 2.05) is 24.3 Å². The summed E-state index contributed by atoms with van der Waals surface area (Å²) < 4.78 is 17.3. The van der Waals surface area contributed by atoms with Gasteiger partial charge in [0.2, 0.25) is 0 Å². The van der Waals surface area contributed by atoms with E-state index < -0.39 is 10.6 Å². The second kappa shape index (κ2) is 10.9. The number of halogens is 1. The van der Waals surface area contributed by atoms with Crippen LogP contribution < -0.4 is 0 Å². The first-order chi connectivity index (χ1) is 13.8. The first-order valence-corrected chi connectivity index (χ1v) is 9.68. The SMILES string of the molecule is CC(C)c1ccc(C[N@+]([O-])(CCO)CCOC(=O)/C=C/c2ccc(F)cc2)cc1. The maximum absolute atomic E-state index is 13.0. The van der Waals surface area contributed by atoms with E-state index >= 15 is 0 Å². The molecule has 2 rings (SSSR count). The van der Waals surface area contributed by atoms with E-state index in [0.29, 0.717) is 11.5 Å². The Balaban J connectivity index is 1.88. The molecule has 29 heavy (non-hydrogen) atoms. The molecule has 0 fully saturated rings. The number of carbonyl (C=O) groups excluding carboxylic acids is 1. The highest BCUT2D eigenvalue weighted by molar-refractivity contribution is 5.87. The van der Waals surface area contributed by atoms with Gasteiger partial charge in [-0.1, -0.05) is 50.2 Å². The smallest absolute Gasteiger partial charge is 0.330 e. The molecule has 0 amide bonds. The minimum absolute atomic E-state index is 0.0227. The number of aliphatic hydroxyl groups excluding tert-OH is 1. The summed E-state index contributed by atoms with van der Waals surface area (Å²) >= 11 is 0. The minimum Gasteiger partial charge on any atom is -0.632 e. The van der Waals surface area contributed by atoms with Gasteiger partial charge in [-0.3, -0.25) is 0 Å². The topological polar surface area (TPSA) is 69.6 Å². The number of hydroxylamine groups is 3. The molecular weight excluding hydrogens is 373 g/mol. The van der Waals surface area contributed by atoms with Crippen LogP contribution in [0.15, 0.2) is 54.6 Å². The molecule has 1 N–H and O–H groups in total. The quantitative estimate of drug-likeness (QED) is 0.283. The number of esters is 1. The molecule has 0 saturated heterocycles. The fourth-order valence-corrected chi connectivity index (χ4v) is 2.89. The molecule has 0 saturated carbocycles. The summed E-state index contributed by atoms with van der Waals surface area (Å²) in [7, 11) is 0. The Bertz CT molecular complexity index is 803. The van der Waals surface area contributed by atoms with Crippen molar-refractivity contribution in [1.82, 2.24) is 0 Å². The normalized spacial score (nSPS) is 13.6. The van der Waals surface area contributed by atoms with Crippen molar-refractivity contribution in [3.63, 3.8) is 0 Å². The number of benzene rings is 2. The summed E-state index contributed by atoms with van der Waals surface area (Å²) in [4.78, 5) is 11.8. The molecule has 0 bridgehead atoms. The molecule has 6 heteroatoms. The van der Waals surface area contributed by atoms with Crippen molar-refractivity contribution in [1.29, 1.82) is 0 Å². The second-order valence-electron chi connectivity index (χ2n) is 7.34. The molecular formula is C23H28FNO4. The van der Waals surface area contributed by atoms with Crippen LogP contribution in [0.25, 0.3) is 6.08 Å². The summed E-state index contributed by atoms with van der Waals surface area (Å²) in [6, 6.07) is 13.6. The number of hydrogen-bond donors (Lipinski definition) is 1. The summed E-state index contributed by atoms with van der Waals surface area (Å²) in [6.07, 6.45) is 2.76. The van der Waals surface area contributed by atoms with Crippen LogP contribution in [-0.4, -0.2) is 42.0 Å². The van der Waals surface area contributed by atoms with Gasteiger partial charge in [-0.2, -0.15) is 0 Å². The van der Waals surface area contributed by atoms with Crippen LogP contribution in [0, 0.1) is 11.0 Å². The number of rotatable bonds is 10. The number of hydrogen-bond acceptors (Lipinski definition) is 4. The first-order valence-electron chi connectivity index (χ1n) is 9.68. The van der Waals surface area contributed by atoms with Gasteiger partial charge in [-0.05, 0) is 35.3 Å².